The first-order chi connectivity index (χ1) is 7.00. The van der Waals surface area contributed by atoms with Crippen molar-refractivity contribution in [2.24, 2.45) is 5.73 Å². The highest BCUT2D eigenvalue weighted by Gasteiger charge is 2.37. The second-order valence-corrected chi connectivity index (χ2v) is 5.51. The zero-order valence-electron chi connectivity index (χ0n) is 8.89. The molecule has 82 valence electrons. The molecule has 0 bridgehead atoms. The number of aromatic hydroxyl groups is 1. The zero-order valence-corrected chi connectivity index (χ0v) is 10.5. The number of aryl methyl sites for hydroxylation is 2. The molecule has 1 aliphatic rings. The van der Waals surface area contributed by atoms with Crippen LogP contribution in [0.3, 0.4) is 0 Å². The minimum atomic E-state index is 0.0582. The summed E-state index contributed by atoms with van der Waals surface area (Å²) in [6.07, 6.45) is 4.08. The van der Waals surface area contributed by atoms with Crippen molar-refractivity contribution in [1.29, 1.82) is 0 Å². The second-order valence-electron chi connectivity index (χ2n) is 4.59. The molecule has 0 radical (unpaired) electrons. The summed E-state index contributed by atoms with van der Waals surface area (Å²) < 4.78 is 1.02. The molecule has 1 saturated carbocycles. The summed E-state index contributed by atoms with van der Waals surface area (Å²) >= 11 is 3.44. The fourth-order valence-electron chi connectivity index (χ4n) is 1.79. The quantitative estimate of drug-likeness (QED) is 0.887. The number of nitrogens with two attached hydrogens (primary N) is 1. The van der Waals surface area contributed by atoms with Gasteiger partial charge < -0.3 is 10.8 Å². The summed E-state index contributed by atoms with van der Waals surface area (Å²) in [6.45, 7) is 1.92. The summed E-state index contributed by atoms with van der Waals surface area (Å²) in [4.78, 5) is 0. The minimum absolute atomic E-state index is 0.0582. The predicted octanol–water partition coefficient (Wildman–Crippen LogP) is 2.89. The fraction of sp³-hybridized carbons (Fsp3) is 0.500. The number of phenols is 1. The Kier molecular flexibility index (Phi) is 2.77. The molecule has 0 spiro atoms. The molecule has 2 nitrogen and oxygen atoms in total. The number of phenolic OH excluding ortho intramolecular Hbond substituents is 1. The van der Waals surface area contributed by atoms with E-state index >= 15 is 0 Å². The minimum Gasteiger partial charge on any atom is -0.507 e. The lowest BCUT2D eigenvalue weighted by Gasteiger charge is -2.11. The van der Waals surface area contributed by atoms with Crippen molar-refractivity contribution in [3.05, 3.63) is 27.7 Å². The molecule has 0 unspecified atom stereocenters. The largest absolute Gasteiger partial charge is 0.507 e. The molecule has 15 heavy (non-hydrogen) atoms. The summed E-state index contributed by atoms with van der Waals surface area (Å²) in [5.41, 5.74) is 8.00. The highest BCUT2D eigenvalue weighted by molar-refractivity contribution is 9.10. The van der Waals surface area contributed by atoms with Crippen LogP contribution < -0.4 is 5.73 Å². The molecule has 0 saturated heterocycles. The van der Waals surface area contributed by atoms with E-state index in [0.717, 1.165) is 41.3 Å². The molecule has 1 aromatic carbocycles. The highest BCUT2D eigenvalue weighted by atomic mass is 79.9. The Labute approximate surface area is 98.6 Å². The van der Waals surface area contributed by atoms with Crippen molar-refractivity contribution in [3.8, 4) is 5.75 Å². The number of hydrogen-bond donors (Lipinski definition) is 2. The Bertz CT molecular complexity index is 385. The second kappa shape index (κ2) is 3.80. The summed E-state index contributed by atoms with van der Waals surface area (Å²) in [7, 11) is 0. The Morgan fingerprint density at radius 2 is 2.13 bits per heavy atom. The average Bonchev–Trinajstić information content (AvgIpc) is 2.88. The zero-order chi connectivity index (χ0) is 11.1. The molecule has 0 aromatic heterocycles. The Morgan fingerprint density at radius 1 is 1.47 bits per heavy atom. The molecule has 3 N–H and O–H groups in total. The molecule has 1 fully saturated rings. The van der Waals surface area contributed by atoms with E-state index in [2.05, 4.69) is 15.9 Å². The van der Waals surface area contributed by atoms with Crippen LogP contribution in [0.15, 0.2) is 16.6 Å². The first kappa shape index (κ1) is 11.0. The van der Waals surface area contributed by atoms with E-state index in [0.29, 0.717) is 5.75 Å². The maximum absolute atomic E-state index is 9.88. The third kappa shape index (κ3) is 2.52. The van der Waals surface area contributed by atoms with E-state index in [-0.39, 0.29) is 5.54 Å². The van der Waals surface area contributed by atoms with Crippen molar-refractivity contribution in [2.75, 3.05) is 0 Å². The number of halogens is 1. The number of hydrogen-bond acceptors (Lipinski definition) is 2. The van der Waals surface area contributed by atoms with Crippen LogP contribution in [0.1, 0.15) is 30.4 Å². The Morgan fingerprint density at radius 3 is 2.73 bits per heavy atom. The third-order valence-electron chi connectivity index (χ3n) is 3.13. The molecular formula is C12H16BrNO. The predicted molar refractivity (Wildman–Crippen MR) is 65.0 cm³/mol. The van der Waals surface area contributed by atoms with Crippen LogP contribution in [-0.4, -0.2) is 10.6 Å². The van der Waals surface area contributed by atoms with Gasteiger partial charge in [-0.15, -0.1) is 0 Å². The van der Waals surface area contributed by atoms with Crippen molar-refractivity contribution in [2.45, 2.75) is 38.1 Å². The van der Waals surface area contributed by atoms with Crippen LogP contribution in [0.5, 0.6) is 5.75 Å². The molecule has 3 heteroatoms. The summed E-state index contributed by atoms with van der Waals surface area (Å²) in [5, 5.41) is 9.88. The lowest BCUT2D eigenvalue weighted by atomic mass is 10.0. The van der Waals surface area contributed by atoms with E-state index in [1.807, 2.05) is 19.1 Å². The van der Waals surface area contributed by atoms with Crippen molar-refractivity contribution < 1.29 is 5.11 Å². The molecule has 1 aromatic rings. The van der Waals surface area contributed by atoms with Crippen LogP contribution in [0, 0.1) is 6.92 Å². The monoisotopic (exact) mass is 269 g/mol. The van der Waals surface area contributed by atoms with Gasteiger partial charge in [-0.25, -0.2) is 0 Å². The van der Waals surface area contributed by atoms with Crippen LogP contribution in [0.2, 0.25) is 0 Å². The molecule has 1 aliphatic carbocycles. The van der Waals surface area contributed by atoms with Gasteiger partial charge in [-0.2, -0.15) is 0 Å². The summed E-state index contributed by atoms with van der Waals surface area (Å²) in [6, 6.07) is 3.91. The van der Waals surface area contributed by atoms with Crippen molar-refractivity contribution >= 4 is 15.9 Å². The van der Waals surface area contributed by atoms with Crippen LogP contribution in [0.25, 0.3) is 0 Å². The van der Waals surface area contributed by atoms with E-state index in [1.165, 1.54) is 0 Å². The highest BCUT2D eigenvalue weighted by Crippen LogP contribution is 2.38. The van der Waals surface area contributed by atoms with Gasteiger partial charge in [0.1, 0.15) is 5.75 Å². The van der Waals surface area contributed by atoms with Crippen LogP contribution in [0.4, 0.5) is 0 Å². The summed E-state index contributed by atoms with van der Waals surface area (Å²) in [5.74, 6) is 0.419. The average molecular weight is 270 g/mol. The Balaban J connectivity index is 2.13. The SMILES string of the molecule is Cc1cc(Br)cc(CCC2(N)CC2)c1O. The van der Waals surface area contributed by atoms with Crippen LogP contribution >= 0.6 is 15.9 Å². The van der Waals surface area contributed by atoms with Gasteiger partial charge >= 0.3 is 0 Å². The van der Waals surface area contributed by atoms with E-state index in [9.17, 15) is 5.11 Å². The van der Waals surface area contributed by atoms with E-state index in [1.54, 1.807) is 0 Å². The standard InChI is InChI=1S/C12H16BrNO/c1-8-6-10(13)7-9(11(8)15)2-3-12(14)4-5-12/h6-7,15H,2-5,14H2,1H3. The van der Waals surface area contributed by atoms with Gasteiger partial charge in [0.25, 0.3) is 0 Å². The molecule has 0 aliphatic heterocycles. The topological polar surface area (TPSA) is 46.2 Å². The third-order valence-corrected chi connectivity index (χ3v) is 3.59. The van der Waals surface area contributed by atoms with Crippen LogP contribution in [-0.2, 0) is 6.42 Å². The van der Waals surface area contributed by atoms with Crippen molar-refractivity contribution in [1.82, 2.24) is 0 Å². The lowest BCUT2D eigenvalue weighted by molar-refractivity contribution is 0.460. The van der Waals surface area contributed by atoms with Gasteiger partial charge in [0.2, 0.25) is 0 Å². The fourth-order valence-corrected chi connectivity index (χ4v) is 2.41. The maximum Gasteiger partial charge on any atom is 0.121 e. The van der Waals surface area contributed by atoms with E-state index < -0.39 is 0 Å². The van der Waals surface area contributed by atoms with E-state index in [4.69, 9.17) is 5.73 Å². The normalized spacial score (nSPS) is 17.8. The maximum atomic E-state index is 9.88. The molecule has 0 atom stereocenters. The molecule has 0 amide bonds. The van der Waals surface area contributed by atoms with Gasteiger partial charge in [0.05, 0.1) is 0 Å². The Hall–Kier alpha value is -0.540. The number of rotatable bonds is 3. The number of benzene rings is 1. The molecular weight excluding hydrogens is 254 g/mol. The van der Waals surface area contributed by atoms with Gasteiger partial charge in [-0.1, -0.05) is 15.9 Å². The smallest absolute Gasteiger partial charge is 0.121 e. The van der Waals surface area contributed by atoms with Crippen molar-refractivity contribution in [3.63, 3.8) is 0 Å². The van der Waals surface area contributed by atoms with Gasteiger partial charge in [-0.3, -0.25) is 0 Å². The molecule has 2 rings (SSSR count). The van der Waals surface area contributed by atoms with Gasteiger partial charge in [-0.05, 0) is 55.9 Å². The lowest BCUT2D eigenvalue weighted by Crippen LogP contribution is -2.22. The first-order valence-corrected chi connectivity index (χ1v) is 6.06. The molecule has 0 heterocycles. The van der Waals surface area contributed by atoms with Gasteiger partial charge in [0.15, 0.2) is 0 Å². The first-order valence-electron chi connectivity index (χ1n) is 5.27. The van der Waals surface area contributed by atoms with Gasteiger partial charge in [0, 0.05) is 10.0 Å².